The molecule has 1 aromatic heterocycles. The Balaban J connectivity index is 2.54. The molecule has 0 fully saturated rings. The Labute approximate surface area is 127 Å². The van der Waals surface area contributed by atoms with E-state index in [9.17, 15) is 9.00 Å². The van der Waals surface area contributed by atoms with Crippen molar-refractivity contribution in [3.8, 4) is 0 Å². The minimum Gasteiger partial charge on any atom is -0.335 e. The Hall–Kier alpha value is -0.880. The van der Waals surface area contributed by atoms with Crippen LogP contribution in [0.5, 0.6) is 0 Å². The van der Waals surface area contributed by atoms with Gasteiger partial charge in [-0.25, -0.2) is 4.79 Å². The maximum atomic E-state index is 11.9. The van der Waals surface area contributed by atoms with Gasteiger partial charge in [0.1, 0.15) is 0 Å². The molecule has 1 heterocycles. The topological polar surface area (TPSA) is 58.2 Å². The van der Waals surface area contributed by atoms with Gasteiger partial charge in [-0.05, 0) is 38.8 Å². The maximum absolute atomic E-state index is 11.9. The molecule has 0 unspecified atom stereocenters. The SMILES string of the molecule is CCc1sc([C@H](C)NC(=O)N[C@@H](C)C[S@](C)=O)cc1C. The Bertz CT molecular complexity index is 486. The first-order valence-electron chi connectivity index (χ1n) is 6.79. The summed E-state index contributed by atoms with van der Waals surface area (Å²) in [6, 6.07) is 1.82. The number of hydrogen-bond acceptors (Lipinski definition) is 3. The van der Waals surface area contributed by atoms with Gasteiger partial charge in [-0.1, -0.05) is 6.92 Å². The highest BCUT2D eigenvalue weighted by Gasteiger charge is 2.15. The molecule has 0 saturated carbocycles. The summed E-state index contributed by atoms with van der Waals surface area (Å²) >= 11 is 1.75. The first kappa shape index (κ1) is 17.2. The van der Waals surface area contributed by atoms with Gasteiger partial charge in [0, 0.05) is 38.6 Å². The fourth-order valence-electron chi connectivity index (χ4n) is 2.04. The minimum atomic E-state index is -0.902. The molecule has 1 rings (SSSR count). The van der Waals surface area contributed by atoms with E-state index in [4.69, 9.17) is 0 Å². The Morgan fingerprint density at radius 2 is 2.05 bits per heavy atom. The number of hydrogen-bond donors (Lipinski definition) is 2. The lowest BCUT2D eigenvalue weighted by molar-refractivity contribution is 0.236. The van der Waals surface area contributed by atoms with E-state index in [0.717, 1.165) is 6.42 Å². The fraction of sp³-hybridized carbons (Fsp3) is 0.643. The first-order chi connectivity index (χ1) is 9.33. The van der Waals surface area contributed by atoms with Gasteiger partial charge < -0.3 is 10.6 Å². The number of rotatable bonds is 6. The van der Waals surface area contributed by atoms with Crippen molar-refractivity contribution >= 4 is 28.2 Å². The van der Waals surface area contributed by atoms with Crippen LogP contribution in [0.2, 0.25) is 0 Å². The summed E-state index contributed by atoms with van der Waals surface area (Å²) in [5.41, 5.74) is 1.29. The van der Waals surface area contributed by atoms with E-state index < -0.39 is 10.8 Å². The third-order valence-electron chi connectivity index (χ3n) is 3.00. The lowest BCUT2D eigenvalue weighted by atomic mass is 10.2. The number of nitrogens with one attached hydrogen (secondary N) is 2. The summed E-state index contributed by atoms with van der Waals surface area (Å²) in [7, 11) is -0.902. The van der Waals surface area contributed by atoms with Crippen LogP contribution in [0.3, 0.4) is 0 Å². The molecule has 2 N–H and O–H groups in total. The van der Waals surface area contributed by atoms with Crippen molar-refractivity contribution < 1.29 is 9.00 Å². The molecule has 114 valence electrons. The van der Waals surface area contributed by atoms with Crippen LogP contribution in [-0.4, -0.2) is 28.3 Å². The van der Waals surface area contributed by atoms with Crippen molar-refractivity contribution in [2.75, 3.05) is 12.0 Å². The lowest BCUT2D eigenvalue weighted by Gasteiger charge is -2.16. The molecule has 0 spiro atoms. The molecular formula is C14H24N2O2S2. The van der Waals surface area contributed by atoms with Crippen molar-refractivity contribution in [2.45, 2.75) is 46.2 Å². The van der Waals surface area contributed by atoms with E-state index in [1.165, 1.54) is 15.3 Å². The van der Waals surface area contributed by atoms with E-state index in [0.29, 0.717) is 5.75 Å². The van der Waals surface area contributed by atoms with Gasteiger partial charge in [0.15, 0.2) is 0 Å². The molecule has 3 atom stereocenters. The van der Waals surface area contributed by atoms with E-state index >= 15 is 0 Å². The number of thiophene rings is 1. The van der Waals surface area contributed by atoms with Gasteiger partial charge in [-0.2, -0.15) is 0 Å². The lowest BCUT2D eigenvalue weighted by Crippen LogP contribution is -2.43. The van der Waals surface area contributed by atoms with Crippen LogP contribution in [0.4, 0.5) is 4.79 Å². The van der Waals surface area contributed by atoms with Crippen molar-refractivity contribution in [3.63, 3.8) is 0 Å². The van der Waals surface area contributed by atoms with Crippen molar-refractivity contribution in [1.29, 1.82) is 0 Å². The normalized spacial score (nSPS) is 15.4. The van der Waals surface area contributed by atoms with Gasteiger partial charge >= 0.3 is 6.03 Å². The van der Waals surface area contributed by atoms with Crippen LogP contribution in [0, 0.1) is 6.92 Å². The summed E-state index contributed by atoms with van der Waals surface area (Å²) in [6.07, 6.45) is 2.66. The summed E-state index contributed by atoms with van der Waals surface area (Å²) in [5, 5.41) is 5.74. The van der Waals surface area contributed by atoms with Crippen LogP contribution in [0.25, 0.3) is 0 Å². The van der Waals surface area contributed by atoms with Crippen LogP contribution < -0.4 is 10.6 Å². The molecule has 4 nitrogen and oxygen atoms in total. The van der Waals surface area contributed by atoms with E-state index in [1.807, 2.05) is 13.8 Å². The third kappa shape index (κ3) is 5.25. The molecule has 0 aliphatic heterocycles. The predicted molar refractivity (Wildman–Crippen MR) is 86.9 cm³/mol. The number of aryl methyl sites for hydroxylation is 2. The van der Waals surface area contributed by atoms with Gasteiger partial charge in [-0.3, -0.25) is 4.21 Å². The molecular weight excluding hydrogens is 292 g/mol. The predicted octanol–water partition coefficient (Wildman–Crippen LogP) is 2.75. The molecule has 0 saturated heterocycles. The Morgan fingerprint density at radius 3 is 2.55 bits per heavy atom. The van der Waals surface area contributed by atoms with Gasteiger partial charge in [0.25, 0.3) is 0 Å². The molecule has 0 aromatic carbocycles. The Morgan fingerprint density at radius 1 is 1.40 bits per heavy atom. The second-order valence-corrected chi connectivity index (χ2v) is 7.74. The molecule has 6 heteroatoms. The first-order valence-corrected chi connectivity index (χ1v) is 9.34. The standard InChI is InChI=1S/C14H24N2O2S2/c1-6-12-9(2)7-13(19-12)11(4)16-14(17)15-10(3)8-20(5)18/h7,10-11H,6,8H2,1-5H3,(H2,15,16,17)/t10-,11-,20-/m0/s1. The molecule has 2 amide bonds. The van der Waals surface area contributed by atoms with Crippen molar-refractivity contribution in [2.24, 2.45) is 0 Å². The zero-order valence-corrected chi connectivity index (χ0v) is 14.4. The largest absolute Gasteiger partial charge is 0.335 e. The smallest absolute Gasteiger partial charge is 0.315 e. The maximum Gasteiger partial charge on any atom is 0.315 e. The van der Waals surface area contributed by atoms with E-state index in [2.05, 4.69) is 30.5 Å². The van der Waals surface area contributed by atoms with E-state index in [-0.39, 0.29) is 18.1 Å². The minimum absolute atomic E-state index is 0.0154. The van der Waals surface area contributed by atoms with Crippen LogP contribution >= 0.6 is 11.3 Å². The second-order valence-electron chi connectivity index (χ2n) is 5.09. The summed E-state index contributed by atoms with van der Waals surface area (Å²) in [4.78, 5) is 14.4. The van der Waals surface area contributed by atoms with Crippen molar-refractivity contribution in [1.82, 2.24) is 10.6 Å². The van der Waals surface area contributed by atoms with Crippen LogP contribution in [-0.2, 0) is 17.2 Å². The summed E-state index contributed by atoms with van der Waals surface area (Å²) in [5.74, 6) is 0.472. The van der Waals surface area contributed by atoms with Crippen molar-refractivity contribution in [3.05, 3.63) is 21.4 Å². The fourth-order valence-corrected chi connectivity index (χ4v) is 3.95. The molecule has 1 aromatic rings. The van der Waals surface area contributed by atoms with Crippen LogP contribution in [0.1, 0.15) is 42.1 Å². The highest BCUT2D eigenvalue weighted by molar-refractivity contribution is 7.84. The average molecular weight is 316 g/mol. The molecule has 0 radical (unpaired) electrons. The molecule has 0 aliphatic carbocycles. The molecule has 0 bridgehead atoms. The molecule has 0 aliphatic rings. The highest BCUT2D eigenvalue weighted by atomic mass is 32.2. The third-order valence-corrected chi connectivity index (χ3v) is 5.53. The highest BCUT2D eigenvalue weighted by Crippen LogP contribution is 2.27. The monoisotopic (exact) mass is 316 g/mol. The number of carbonyl (C=O) groups is 1. The van der Waals surface area contributed by atoms with Crippen LogP contribution in [0.15, 0.2) is 6.07 Å². The number of carbonyl (C=O) groups excluding carboxylic acids is 1. The second kappa shape index (κ2) is 7.78. The zero-order valence-electron chi connectivity index (χ0n) is 12.8. The summed E-state index contributed by atoms with van der Waals surface area (Å²) in [6.45, 7) is 8.08. The average Bonchev–Trinajstić information content (AvgIpc) is 2.68. The van der Waals surface area contributed by atoms with Gasteiger partial charge in [0.05, 0.1) is 6.04 Å². The Kier molecular flexibility index (Phi) is 6.68. The van der Waals surface area contributed by atoms with Gasteiger partial charge in [0.2, 0.25) is 0 Å². The quantitative estimate of drug-likeness (QED) is 0.848. The number of urea groups is 1. The van der Waals surface area contributed by atoms with E-state index in [1.54, 1.807) is 17.6 Å². The summed E-state index contributed by atoms with van der Waals surface area (Å²) < 4.78 is 11.1. The zero-order chi connectivity index (χ0) is 15.3. The van der Waals surface area contributed by atoms with Gasteiger partial charge in [-0.15, -0.1) is 11.3 Å². The molecule has 20 heavy (non-hydrogen) atoms. The number of amides is 2.